The topological polar surface area (TPSA) is 74.2 Å². The molecule has 2 aromatic rings. The molecule has 7 heteroatoms. The van der Waals surface area contributed by atoms with Gasteiger partial charge in [0.2, 0.25) is 0 Å². The van der Waals surface area contributed by atoms with Crippen LogP contribution in [-0.2, 0) is 4.79 Å². The summed E-state index contributed by atoms with van der Waals surface area (Å²) in [6, 6.07) is 10.9. The number of carbonyl (C=O) groups is 1. The van der Waals surface area contributed by atoms with Gasteiger partial charge in [0.05, 0.1) is 6.21 Å². The molecule has 0 fully saturated rings. The average Bonchev–Trinajstić information content (AvgIpc) is 2.65. The molecule has 0 aliphatic carbocycles. The van der Waals surface area contributed by atoms with E-state index < -0.39 is 0 Å². The van der Waals surface area contributed by atoms with E-state index in [1.165, 1.54) is 6.21 Å². The van der Waals surface area contributed by atoms with Gasteiger partial charge in [-0.05, 0) is 56.7 Å². The maximum Gasteiger partial charge on any atom is 0.277 e. The lowest BCUT2D eigenvalue weighted by Crippen LogP contribution is -2.24. The Balaban J connectivity index is 1.88. The Bertz CT molecular complexity index is 820. The molecule has 0 aromatic heterocycles. The number of hydrazone groups is 1. The van der Waals surface area contributed by atoms with Crippen LogP contribution in [0.15, 0.2) is 46.0 Å². The van der Waals surface area contributed by atoms with Crippen LogP contribution in [0.25, 0.3) is 0 Å². The zero-order valence-corrected chi connectivity index (χ0v) is 17.3. The van der Waals surface area contributed by atoms with E-state index in [0.717, 1.165) is 28.8 Å². The number of aromatic hydroxyl groups is 1. The van der Waals surface area contributed by atoms with Crippen LogP contribution in [0.3, 0.4) is 0 Å². The van der Waals surface area contributed by atoms with E-state index in [2.05, 4.69) is 45.2 Å². The fraction of sp³-hybridized carbons (Fsp3) is 0.300. The molecule has 0 atom stereocenters. The summed E-state index contributed by atoms with van der Waals surface area (Å²) in [4.78, 5) is 14.0. The van der Waals surface area contributed by atoms with Crippen molar-refractivity contribution in [3.05, 3.63) is 52.0 Å². The molecule has 0 heterocycles. The number of nitrogens with one attached hydrogen (secondary N) is 1. The van der Waals surface area contributed by atoms with Crippen molar-refractivity contribution >= 4 is 33.7 Å². The van der Waals surface area contributed by atoms with Crippen molar-refractivity contribution in [2.75, 3.05) is 24.6 Å². The van der Waals surface area contributed by atoms with E-state index in [9.17, 15) is 9.90 Å². The number of ether oxygens (including phenoxy) is 1. The highest BCUT2D eigenvalue weighted by molar-refractivity contribution is 9.10. The number of amides is 1. The smallest absolute Gasteiger partial charge is 0.277 e. The highest BCUT2D eigenvalue weighted by Gasteiger charge is 2.06. The van der Waals surface area contributed by atoms with Crippen molar-refractivity contribution in [2.24, 2.45) is 5.10 Å². The van der Waals surface area contributed by atoms with Gasteiger partial charge in [-0.25, -0.2) is 5.43 Å². The van der Waals surface area contributed by atoms with Crippen LogP contribution in [0.2, 0.25) is 0 Å². The van der Waals surface area contributed by atoms with Gasteiger partial charge in [0.1, 0.15) is 11.5 Å². The zero-order chi connectivity index (χ0) is 19.8. The molecule has 2 aromatic carbocycles. The number of carbonyl (C=O) groups excluding carboxylic acids is 1. The van der Waals surface area contributed by atoms with Crippen LogP contribution in [-0.4, -0.2) is 36.9 Å². The lowest BCUT2D eigenvalue weighted by Gasteiger charge is -2.21. The summed E-state index contributed by atoms with van der Waals surface area (Å²) in [5.74, 6) is 0.338. The quantitative estimate of drug-likeness (QED) is 0.489. The van der Waals surface area contributed by atoms with E-state index in [1.807, 2.05) is 25.1 Å². The van der Waals surface area contributed by atoms with Crippen LogP contribution in [0.4, 0.5) is 5.69 Å². The summed E-state index contributed by atoms with van der Waals surface area (Å²) in [7, 11) is 0. The van der Waals surface area contributed by atoms with Crippen molar-refractivity contribution in [2.45, 2.75) is 20.8 Å². The number of hydrogen-bond donors (Lipinski definition) is 2. The maximum atomic E-state index is 11.8. The Morgan fingerprint density at radius 3 is 2.63 bits per heavy atom. The summed E-state index contributed by atoms with van der Waals surface area (Å²) >= 11 is 3.41. The molecule has 0 aliphatic heterocycles. The van der Waals surface area contributed by atoms with Gasteiger partial charge >= 0.3 is 0 Å². The monoisotopic (exact) mass is 433 g/mol. The molecular weight excluding hydrogens is 410 g/mol. The minimum atomic E-state index is -0.383. The molecule has 0 spiro atoms. The molecule has 0 saturated heterocycles. The minimum absolute atomic E-state index is 0.110. The first-order valence-electron chi connectivity index (χ1n) is 8.73. The van der Waals surface area contributed by atoms with Gasteiger partial charge in [-0.2, -0.15) is 5.10 Å². The first-order valence-corrected chi connectivity index (χ1v) is 9.52. The van der Waals surface area contributed by atoms with Crippen LogP contribution in [0, 0.1) is 6.92 Å². The first kappa shape index (κ1) is 20.8. The molecule has 6 nitrogen and oxygen atoms in total. The fourth-order valence-electron chi connectivity index (χ4n) is 2.49. The number of aryl methyl sites for hydroxylation is 1. The number of nitrogens with zero attached hydrogens (tertiary/aromatic N) is 2. The summed E-state index contributed by atoms with van der Waals surface area (Å²) < 4.78 is 6.42. The second-order valence-corrected chi connectivity index (χ2v) is 6.76. The normalized spacial score (nSPS) is 10.8. The van der Waals surface area contributed by atoms with Crippen molar-refractivity contribution in [3.63, 3.8) is 0 Å². The van der Waals surface area contributed by atoms with Crippen LogP contribution in [0.1, 0.15) is 25.0 Å². The molecule has 0 radical (unpaired) electrons. The summed E-state index contributed by atoms with van der Waals surface area (Å²) in [5.41, 5.74) is 4.88. The Morgan fingerprint density at radius 2 is 2.00 bits per heavy atom. The van der Waals surface area contributed by atoms with E-state index in [-0.39, 0.29) is 18.3 Å². The highest BCUT2D eigenvalue weighted by atomic mass is 79.9. The Hall–Kier alpha value is -2.54. The molecule has 144 valence electrons. The molecule has 0 unspecified atom stereocenters. The van der Waals surface area contributed by atoms with E-state index in [4.69, 9.17) is 4.74 Å². The summed E-state index contributed by atoms with van der Waals surface area (Å²) in [6.07, 6.45) is 1.41. The predicted octanol–water partition coefficient (Wildman–Crippen LogP) is 3.84. The van der Waals surface area contributed by atoms with Gasteiger partial charge in [0.15, 0.2) is 6.61 Å². The number of phenols is 1. The third kappa shape index (κ3) is 5.99. The van der Waals surface area contributed by atoms with Gasteiger partial charge in [-0.1, -0.05) is 15.9 Å². The van der Waals surface area contributed by atoms with Crippen molar-refractivity contribution < 1.29 is 14.6 Å². The van der Waals surface area contributed by atoms with Gasteiger partial charge < -0.3 is 14.7 Å². The number of rotatable bonds is 8. The second kappa shape index (κ2) is 9.97. The van der Waals surface area contributed by atoms with Gasteiger partial charge in [0.25, 0.3) is 5.91 Å². The van der Waals surface area contributed by atoms with Crippen molar-refractivity contribution in [1.82, 2.24) is 5.43 Å². The van der Waals surface area contributed by atoms with Crippen molar-refractivity contribution in [1.29, 1.82) is 0 Å². The van der Waals surface area contributed by atoms with Gasteiger partial charge in [0, 0.05) is 34.9 Å². The summed E-state index contributed by atoms with van der Waals surface area (Å²) in [5, 5.41) is 14.0. The molecule has 27 heavy (non-hydrogen) atoms. The Labute approximate surface area is 168 Å². The van der Waals surface area contributed by atoms with Crippen LogP contribution < -0.4 is 15.1 Å². The molecule has 0 saturated carbocycles. The molecule has 0 aliphatic rings. The van der Waals surface area contributed by atoms with Gasteiger partial charge in [-0.3, -0.25) is 4.79 Å². The third-order valence-corrected chi connectivity index (χ3v) is 4.92. The molecule has 1 amide bonds. The van der Waals surface area contributed by atoms with Crippen LogP contribution >= 0.6 is 15.9 Å². The SMILES string of the molecule is CCN(CC)c1ccc(/C=N/NC(=O)COc2ccc(Br)c(C)c2)c(O)c1. The number of benzene rings is 2. The van der Waals surface area contributed by atoms with Gasteiger partial charge in [-0.15, -0.1) is 0 Å². The Morgan fingerprint density at radius 1 is 1.26 bits per heavy atom. The second-order valence-electron chi connectivity index (χ2n) is 5.91. The number of halogens is 1. The fourth-order valence-corrected chi connectivity index (χ4v) is 2.74. The first-order chi connectivity index (χ1) is 12.9. The van der Waals surface area contributed by atoms with E-state index in [0.29, 0.717) is 11.3 Å². The number of hydrogen-bond acceptors (Lipinski definition) is 5. The molecule has 2 N–H and O–H groups in total. The number of anilines is 1. The molecule has 2 rings (SSSR count). The molecular formula is C20H24BrN3O3. The minimum Gasteiger partial charge on any atom is -0.507 e. The third-order valence-electron chi connectivity index (χ3n) is 4.03. The summed E-state index contributed by atoms with van der Waals surface area (Å²) in [6.45, 7) is 7.63. The largest absolute Gasteiger partial charge is 0.507 e. The maximum absolute atomic E-state index is 11.8. The highest BCUT2D eigenvalue weighted by Crippen LogP contribution is 2.23. The standard InChI is InChI=1S/C20H24BrN3O3/c1-4-24(5-2)16-7-6-15(19(25)11-16)12-22-23-20(26)13-27-17-8-9-18(21)14(3)10-17/h6-12,25H,4-5,13H2,1-3H3,(H,23,26)/b22-12+. The predicted molar refractivity (Wildman–Crippen MR) is 112 cm³/mol. The van der Waals surface area contributed by atoms with Crippen LogP contribution in [0.5, 0.6) is 11.5 Å². The van der Waals surface area contributed by atoms with Crippen molar-refractivity contribution in [3.8, 4) is 11.5 Å². The lowest BCUT2D eigenvalue weighted by molar-refractivity contribution is -0.123. The zero-order valence-electron chi connectivity index (χ0n) is 15.7. The van der Waals surface area contributed by atoms with E-state index in [1.54, 1.807) is 18.2 Å². The number of phenolic OH excluding ortho intramolecular Hbond substituents is 1. The Kier molecular flexibility index (Phi) is 7.67. The lowest BCUT2D eigenvalue weighted by atomic mass is 10.2. The van der Waals surface area contributed by atoms with E-state index >= 15 is 0 Å². The average molecular weight is 434 g/mol. The molecule has 0 bridgehead atoms.